The lowest BCUT2D eigenvalue weighted by atomic mass is 9.73. The Kier molecular flexibility index (Phi) is 7.98. The quantitative estimate of drug-likeness (QED) is 0.503. The normalized spacial score (nSPS) is 12.4. The molecule has 4 nitrogen and oxygen atoms in total. The third-order valence-electron chi connectivity index (χ3n) is 3.39. The van der Waals surface area contributed by atoms with Gasteiger partial charge in [-0.1, -0.05) is 34.6 Å². The SMILES string of the molecule is CCOC(=O)C(CCC(C)(C)C)(CC(C)C)C(=O)OCC. The van der Waals surface area contributed by atoms with Gasteiger partial charge in [-0.2, -0.15) is 0 Å². The first-order valence-corrected chi connectivity index (χ1v) is 7.93. The van der Waals surface area contributed by atoms with Crippen LogP contribution in [0.1, 0.15) is 67.7 Å². The Balaban J connectivity index is 5.48. The van der Waals surface area contributed by atoms with Gasteiger partial charge in [0.2, 0.25) is 0 Å². The summed E-state index contributed by atoms with van der Waals surface area (Å²) in [7, 11) is 0. The van der Waals surface area contributed by atoms with Crippen LogP contribution in [-0.2, 0) is 19.1 Å². The largest absolute Gasteiger partial charge is 0.465 e. The van der Waals surface area contributed by atoms with Gasteiger partial charge in [0.25, 0.3) is 0 Å². The Hall–Kier alpha value is -1.06. The minimum atomic E-state index is -1.17. The first kappa shape index (κ1) is 19.9. The van der Waals surface area contributed by atoms with Gasteiger partial charge in [0, 0.05) is 0 Å². The number of carbonyl (C=O) groups excluding carboxylic acids is 2. The van der Waals surface area contributed by atoms with Gasteiger partial charge in [-0.3, -0.25) is 9.59 Å². The first-order chi connectivity index (χ1) is 9.59. The first-order valence-electron chi connectivity index (χ1n) is 7.93. The van der Waals surface area contributed by atoms with Crippen LogP contribution in [0.15, 0.2) is 0 Å². The highest BCUT2D eigenvalue weighted by Crippen LogP contribution is 2.38. The summed E-state index contributed by atoms with van der Waals surface area (Å²) in [4.78, 5) is 25.0. The van der Waals surface area contributed by atoms with Gasteiger partial charge in [-0.15, -0.1) is 0 Å². The monoisotopic (exact) mass is 300 g/mol. The molecule has 21 heavy (non-hydrogen) atoms. The molecule has 0 aliphatic heterocycles. The third kappa shape index (κ3) is 6.49. The van der Waals surface area contributed by atoms with E-state index in [-0.39, 0.29) is 24.5 Å². The Bertz CT molecular complexity index is 321. The highest BCUT2D eigenvalue weighted by atomic mass is 16.6. The highest BCUT2D eigenvalue weighted by molar-refractivity contribution is 6.00. The van der Waals surface area contributed by atoms with E-state index in [2.05, 4.69) is 20.8 Å². The molecule has 0 heterocycles. The smallest absolute Gasteiger partial charge is 0.323 e. The van der Waals surface area contributed by atoms with Crippen LogP contribution in [0.3, 0.4) is 0 Å². The van der Waals surface area contributed by atoms with E-state index >= 15 is 0 Å². The molecule has 4 heteroatoms. The van der Waals surface area contributed by atoms with E-state index in [1.165, 1.54) is 0 Å². The molecule has 0 bridgehead atoms. The molecule has 0 aromatic carbocycles. The molecule has 0 aromatic rings. The second-order valence-electron chi connectivity index (χ2n) is 7.18. The summed E-state index contributed by atoms with van der Waals surface area (Å²) >= 11 is 0. The lowest BCUT2D eigenvalue weighted by Gasteiger charge is -2.33. The number of ether oxygens (including phenoxy) is 2. The molecular weight excluding hydrogens is 268 g/mol. The molecule has 0 spiro atoms. The van der Waals surface area contributed by atoms with Gasteiger partial charge in [0.15, 0.2) is 5.41 Å². The molecule has 0 N–H and O–H groups in total. The third-order valence-corrected chi connectivity index (χ3v) is 3.39. The van der Waals surface area contributed by atoms with Gasteiger partial charge < -0.3 is 9.47 Å². The zero-order chi connectivity index (χ0) is 16.7. The van der Waals surface area contributed by atoms with Crippen molar-refractivity contribution in [1.29, 1.82) is 0 Å². The van der Waals surface area contributed by atoms with Crippen molar-refractivity contribution in [3.05, 3.63) is 0 Å². The van der Waals surface area contributed by atoms with Crippen LogP contribution in [0, 0.1) is 16.7 Å². The van der Waals surface area contributed by atoms with E-state index in [1.807, 2.05) is 13.8 Å². The van der Waals surface area contributed by atoms with Crippen molar-refractivity contribution in [3.63, 3.8) is 0 Å². The molecule has 0 atom stereocenters. The van der Waals surface area contributed by atoms with Crippen LogP contribution in [0.4, 0.5) is 0 Å². The van der Waals surface area contributed by atoms with Crippen LogP contribution in [0.25, 0.3) is 0 Å². The summed E-state index contributed by atoms with van der Waals surface area (Å²) in [5.74, 6) is -0.679. The Morgan fingerprint density at radius 1 is 0.905 bits per heavy atom. The van der Waals surface area contributed by atoms with E-state index < -0.39 is 17.4 Å². The summed E-state index contributed by atoms with van der Waals surface area (Å²) in [6, 6.07) is 0. The van der Waals surface area contributed by atoms with E-state index in [0.717, 1.165) is 6.42 Å². The molecule has 0 aromatic heterocycles. The summed E-state index contributed by atoms with van der Waals surface area (Å²) < 4.78 is 10.4. The van der Waals surface area contributed by atoms with Gasteiger partial charge in [-0.05, 0) is 44.4 Å². The molecule has 0 rings (SSSR count). The van der Waals surface area contributed by atoms with E-state index in [1.54, 1.807) is 13.8 Å². The second-order valence-corrected chi connectivity index (χ2v) is 7.18. The fraction of sp³-hybridized carbons (Fsp3) is 0.882. The molecule has 0 amide bonds. The molecule has 0 saturated heterocycles. The van der Waals surface area contributed by atoms with Gasteiger partial charge in [0.05, 0.1) is 13.2 Å². The van der Waals surface area contributed by atoms with Crippen LogP contribution < -0.4 is 0 Å². The number of esters is 2. The summed E-state index contributed by atoms with van der Waals surface area (Å²) in [5, 5.41) is 0. The summed E-state index contributed by atoms with van der Waals surface area (Å²) in [6.07, 6.45) is 1.68. The number of hydrogen-bond acceptors (Lipinski definition) is 4. The van der Waals surface area contributed by atoms with Gasteiger partial charge in [0.1, 0.15) is 0 Å². The van der Waals surface area contributed by atoms with Crippen LogP contribution in [0.2, 0.25) is 0 Å². The number of carbonyl (C=O) groups is 2. The molecule has 0 fully saturated rings. The average Bonchev–Trinajstić information content (AvgIpc) is 2.33. The minimum Gasteiger partial charge on any atom is -0.465 e. The fourth-order valence-electron chi connectivity index (χ4n) is 2.38. The predicted molar refractivity (Wildman–Crippen MR) is 83.8 cm³/mol. The van der Waals surface area contributed by atoms with E-state index in [9.17, 15) is 9.59 Å². The highest BCUT2D eigenvalue weighted by Gasteiger charge is 2.49. The topological polar surface area (TPSA) is 52.6 Å². The van der Waals surface area contributed by atoms with Gasteiger partial charge >= 0.3 is 11.9 Å². The maximum Gasteiger partial charge on any atom is 0.323 e. The van der Waals surface area contributed by atoms with Crippen molar-refractivity contribution in [3.8, 4) is 0 Å². The van der Waals surface area contributed by atoms with Crippen LogP contribution >= 0.6 is 0 Å². The average molecular weight is 300 g/mol. The molecule has 0 unspecified atom stereocenters. The lowest BCUT2D eigenvalue weighted by molar-refractivity contribution is -0.174. The molecule has 124 valence electrons. The van der Waals surface area contributed by atoms with Crippen molar-refractivity contribution < 1.29 is 19.1 Å². The maximum absolute atomic E-state index is 12.5. The zero-order valence-electron chi connectivity index (χ0n) is 14.7. The Morgan fingerprint density at radius 2 is 1.33 bits per heavy atom. The Morgan fingerprint density at radius 3 is 1.62 bits per heavy atom. The van der Waals surface area contributed by atoms with Crippen molar-refractivity contribution in [1.82, 2.24) is 0 Å². The standard InChI is InChI=1S/C17H32O4/c1-8-20-14(18)17(12-13(3)4,15(19)21-9-2)11-10-16(5,6)7/h13H,8-12H2,1-7H3. The van der Waals surface area contributed by atoms with Crippen molar-refractivity contribution >= 4 is 11.9 Å². The molecule has 0 aliphatic rings. The lowest BCUT2D eigenvalue weighted by Crippen LogP contribution is -2.44. The molecule has 0 saturated carbocycles. The van der Waals surface area contributed by atoms with Gasteiger partial charge in [-0.25, -0.2) is 0 Å². The molecule has 0 aliphatic carbocycles. The van der Waals surface area contributed by atoms with E-state index in [4.69, 9.17) is 9.47 Å². The Labute approximate surface area is 129 Å². The zero-order valence-corrected chi connectivity index (χ0v) is 14.7. The van der Waals surface area contributed by atoms with Crippen molar-refractivity contribution in [2.24, 2.45) is 16.7 Å². The summed E-state index contributed by atoms with van der Waals surface area (Å²) in [5.41, 5.74) is -1.13. The fourth-order valence-corrected chi connectivity index (χ4v) is 2.38. The molecular formula is C17H32O4. The van der Waals surface area contributed by atoms with Crippen LogP contribution in [0.5, 0.6) is 0 Å². The second kappa shape index (κ2) is 8.40. The minimum absolute atomic E-state index is 0.0429. The van der Waals surface area contributed by atoms with Crippen molar-refractivity contribution in [2.75, 3.05) is 13.2 Å². The van der Waals surface area contributed by atoms with Crippen molar-refractivity contribution in [2.45, 2.75) is 67.7 Å². The number of hydrogen-bond donors (Lipinski definition) is 0. The summed E-state index contributed by atoms with van der Waals surface area (Å²) in [6.45, 7) is 14.4. The van der Waals surface area contributed by atoms with Crippen LogP contribution in [-0.4, -0.2) is 25.2 Å². The molecule has 0 radical (unpaired) electrons. The predicted octanol–water partition coefficient (Wildman–Crippen LogP) is 3.97. The maximum atomic E-state index is 12.5. The number of rotatable bonds is 8. The van der Waals surface area contributed by atoms with E-state index in [0.29, 0.717) is 12.8 Å².